The number of carbonyl (C=O) groups excluding carboxylic acids is 1. The van der Waals surface area contributed by atoms with Crippen molar-refractivity contribution in [2.24, 2.45) is 0 Å². The fourth-order valence-corrected chi connectivity index (χ4v) is 3.33. The van der Waals surface area contributed by atoms with Crippen molar-refractivity contribution in [1.29, 1.82) is 0 Å². The number of aromatic nitrogens is 2. The largest absolute Gasteiger partial charge is 0.347 e. The lowest BCUT2D eigenvalue weighted by Gasteiger charge is -2.08. The number of nitrogens with one attached hydrogen (secondary N) is 1. The van der Waals surface area contributed by atoms with Gasteiger partial charge in [0.1, 0.15) is 11.3 Å². The number of rotatable bonds is 4. The predicted octanol–water partition coefficient (Wildman–Crippen LogP) is 4.63. The first-order valence-corrected chi connectivity index (χ1v) is 8.96. The molecule has 4 nitrogen and oxygen atoms in total. The summed E-state index contributed by atoms with van der Waals surface area (Å²) in [5.41, 5.74) is 3.10. The maximum Gasteiger partial charge on any atom is 0.270 e. The van der Waals surface area contributed by atoms with E-state index < -0.39 is 0 Å². The highest BCUT2D eigenvalue weighted by Gasteiger charge is 2.18. The zero-order valence-electron chi connectivity index (χ0n) is 14.4. The number of amides is 1. The first-order chi connectivity index (χ1) is 12.7. The number of halogens is 1. The van der Waals surface area contributed by atoms with E-state index in [9.17, 15) is 4.79 Å². The molecule has 0 bridgehead atoms. The van der Waals surface area contributed by atoms with Crippen molar-refractivity contribution in [1.82, 2.24) is 14.7 Å². The van der Waals surface area contributed by atoms with Gasteiger partial charge in [0, 0.05) is 12.7 Å². The second-order valence-electron chi connectivity index (χ2n) is 6.20. The molecule has 0 aliphatic heterocycles. The second-order valence-corrected chi connectivity index (χ2v) is 6.64. The Morgan fingerprint density at radius 3 is 2.73 bits per heavy atom. The van der Waals surface area contributed by atoms with Gasteiger partial charge in [-0.15, -0.1) is 0 Å². The number of hydrogen-bond acceptors (Lipinski definition) is 2. The fraction of sp³-hybridized carbons (Fsp3) is 0.143. The van der Waals surface area contributed by atoms with Crippen LogP contribution in [0.3, 0.4) is 0 Å². The molecule has 2 aromatic carbocycles. The van der Waals surface area contributed by atoms with Gasteiger partial charge in [-0.25, -0.2) is 4.98 Å². The molecule has 1 N–H and O–H groups in total. The van der Waals surface area contributed by atoms with Crippen LogP contribution < -0.4 is 5.32 Å². The second kappa shape index (κ2) is 6.81. The summed E-state index contributed by atoms with van der Waals surface area (Å²) in [4.78, 5) is 17.4. The summed E-state index contributed by atoms with van der Waals surface area (Å²) in [6, 6.07) is 18.0. The van der Waals surface area contributed by atoms with Crippen molar-refractivity contribution in [3.8, 4) is 0 Å². The van der Waals surface area contributed by atoms with E-state index in [4.69, 9.17) is 11.6 Å². The average Bonchev–Trinajstić information content (AvgIpc) is 3.03. The van der Waals surface area contributed by atoms with Crippen molar-refractivity contribution < 1.29 is 4.79 Å². The molecule has 0 saturated carbocycles. The summed E-state index contributed by atoms with van der Waals surface area (Å²) in [6.07, 6.45) is 2.41. The minimum atomic E-state index is -0.148. The van der Waals surface area contributed by atoms with Crippen molar-refractivity contribution in [3.05, 3.63) is 82.8 Å². The van der Waals surface area contributed by atoms with E-state index in [0.29, 0.717) is 23.7 Å². The molecule has 0 spiro atoms. The smallest absolute Gasteiger partial charge is 0.270 e. The number of nitrogens with zero attached hydrogens (tertiary/aromatic N) is 2. The summed E-state index contributed by atoms with van der Waals surface area (Å²) in [5.74, 6) is -0.148. The lowest BCUT2D eigenvalue weighted by atomic mass is 10.1. The topological polar surface area (TPSA) is 46.4 Å². The number of aryl methyl sites for hydroxylation is 1. The maximum atomic E-state index is 12.8. The Balaban J connectivity index is 1.61. The Morgan fingerprint density at radius 1 is 1.12 bits per heavy atom. The highest BCUT2D eigenvalue weighted by atomic mass is 35.5. The number of imidazole rings is 1. The lowest BCUT2D eigenvalue weighted by Crippen LogP contribution is -2.25. The van der Waals surface area contributed by atoms with E-state index in [2.05, 4.69) is 34.6 Å². The van der Waals surface area contributed by atoms with Crippen molar-refractivity contribution in [2.75, 3.05) is 0 Å². The zero-order valence-corrected chi connectivity index (χ0v) is 15.1. The van der Waals surface area contributed by atoms with Gasteiger partial charge in [-0.2, -0.15) is 0 Å². The molecule has 0 saturated heterocycles. The van der Waals surface area contributed by atoms with Crippen LogP contribution in [0, 0.1) is 0 Å². The van der Waals surface area contributed by atoms with Gasteiger partial charge in [0.2, 0.25) is 0 Å². The van der Waals surface area contributed by atoms with Gasteiger partial charge in [0.15, 0.2) is 0 Å². The van der Waals surface area contributed by atoms with Crippen LogP contribution in [0.15, 0.2) is 60.8 Å². The Kier molecular flexibility index (Phi) is 4.35. The Hall–Kier alpha value is -2.85. The number of hydrogen-bond donors (Lipinski definition) is 1. The van der Waals surface area contributed by atoms with Crippen LogP contribution in [0.25, 0.3) is 16.4 Å². The van der Waals surface area contributed by atoms with Gasteiger partial charge in [-0.05, 0) is 41.0 Å². The molecule has 4 aromatic rings. The molecule has 0 aliphatic rings. The monoisotopic (exact) mass is 363 g/mol. The number of pyridine rings is 1. The number of carbonyl (C=O) groups is 1. The molecule has 26 heavy (non-hydrogen) atoms. The highest BCUT2D eigenvalue weighted by molar-refractivity contribution is 6.30. The SMILES string of the molecule is CCc1nc2ccc(Cl)cn2c1C(=O)NCc1ccc2ccccc2c1. The van der Waals surface area contributed by atoms with E-state index in [1.165, 1.54) is 5.39 Å². The molecule has 5 heteroatoms. The molecule has 2 heterocycles. The quantitative estimate of drug-likeness (QED) is 0.574. The van der Waals surface area contributed by atoms with Gasteiger partial charge in [-0.3, -0.25) is 9.20 Å². The third kappa shape index (κ3) is 3.04. The molecule has 4 rings (SSSR count). The Morgan fingerprint density at radius 2 is 1.92 bits per heavy atom. The van der Waals surface area contributed by atoms with Crippen LogP contribution in [0.5, 0.6) is 0 Å². The number of benzene rings is 2. The summed E-state index contributed by atoms with van der Waals surface area (Å²) < 4.78 is 1.76. The summed E-state index contributed by atoms with van der Waals surface area (Å²) >= 11 is 6.10. The van der Waals surface area contributed by atoms with E-state index in [1.807, 2.05) is 31.2 Å². The first-order valence-electron chi connectivity index (χ1n) is 8.58. The number of fused-ring (bicyclic) bond motifs is 2. The molecule has 2 aromatic heterocycles. The van der Waals surface area contributed by atoms with Gasteiger partial charge >= 0.3 is 0 Å². The lowest BCUT2D eigenvalue weighted by molar-refractivity contribution is 0.0944. The molecule has 0 fully saturated rings. The Labute approximate surface area is 156 Å². The summed E-state index contributed by atoms with van der Waals surface area (Å²) in [6.45, 7) is 2.45. The maximum absolute atomic E-state index is 12.8. The van der Waals surface area contributed by atoms with Crippen LogP contribution in [-0.2, 0) is 13.0 Å². The summed E-state index contributed by atoms with van der Waals surface area (Å²) in [5, 5.41) is 5.93. The van der Waals surface area contributed by atoms with Crippen LogP contribution in [0.2, 0.25) is 5.02 Å². The van der Waals surface area contributed by atoms with Crippen molar-refractivity contribution >= 4 is 33.9 Å². The summed E-state index contributed by atoms with van der Waals surface area (Å²) in [7, 11) is 0. The molecular weight excluding hydrogens is 346 g/mol. The predicted molar refractivity (Wildman–Crippen MR) is 105 cm³/mol. The van der Waals surface area contributed by atoms with Crippen molar-refractivity contribution in [3.63, 3.8) is 0 Å². The first kappa shape index (κ1) is 16.6. The average molecular weight is 364 g/mol. The van der Waals surface area contributed by atoms with Crippen LogP contribution >= 0.6 is 11.6 Å². The highest BCUT2D eigenvalue weighted by Crippen LogP contribution is 2.18. The van der Waals surface area contributed by atoms with Crippen LogP contribution in [-0.4, -0.2) is 15.3 Å². The van der Waals surface area contributed by atoms with E-state index in [-0.39, 0.29) is 5.91 Å². The normalized spacial score (nSPS) is 11.2. The molecule has 130 valence electrons. The zero-order chi connectivity index (χ0) is 18.1. The van der Waals surface area contributed by atoms with Gasteiger partial charge in [0.05, 0.1) is 10.7 Å². The molecule has 0 atom stereocenters. The van der Waals surface area contributed by atoms with E-state index in [1.54, 1.807) is 16.7 Å². The van der Waals surface area contributed by atoms with Gasteiger partial charge in [0.25, 0.3) is 5.91 Å². The standard InChI is InChI=1S/C21H18ClN3O/c1-2-18-20(25-13-17(22)9-10-19(25)24-18)21(26)23-12-14-7-8-15-5-3-4-6-16(15)11-14/h3-11,13H,2,12H2,1H3,(H,23,26). The minimum Gasteiger partial charge on any atom is -0.347 e. The molecule has 0 aliphatic carbocycles. The molecule has 0 unspecified atom stereocenters. The molecule has 0 radical (unpaired) electrons. The third-order valence-corrected chi connectivity index (χ3v) is 4.70. The Bertz CT molecular complexity index is 1120. The van der Waals surface area contributed by atoms with Crippen LogP contribution in [0.1, 0.15) is 28.7 Å². The third-order valence-electron chi connectivity index (χ3n) is 4.47. The van der Waals surface area contributed by atoms with Gasteiger partial charge < -0.3 is 5.32 Å². The van der Waals surface area contributed by atoms with Crippen molar-refractivity contribution in [2.45, 2.75) is 19.9 Å². The molecule has 1 amide bonds. The van der Waals surface area contributed by atoms with E-state index in [0.717, 1.165) is 22.3 Å². The van der Waals surface area contributed by atoms with Gasteiger partial charge in [-0.1, -0.05) is 54.9 Å². The fourth-order valence-electron chi connectivity index (χ4n) is 3.17. The van der Waals surface area contributed by atoms with Crippen LogP contribution in [0.4, 0.5) is 0 Å². The minimum absolute atomic E-state index is 0.148. The van der Waals surface area contributed by atoms with E-state index >= 15 is 0 Å². The molecular formula is C21H18ClN3O.